The summed E-state index contributed by atoms with van der Waals surface area (Å²) >= 11 is 3.49. The zero-order valence-corrected chi connectivity index (χ0v) is 11.6. The summed E-state index contributed by atoms with van der Waals surface area (Å²) in [5.74, 6) is 6.91. The summed E-state index contributed by atoms with van der Waals surface area (Å²) in [6, 6.07) is 0.575. The first-order chi connectivity index (χ1) is 8.13. The number of halogens is 1. The third kappa shape index (κ3) is 2.51. The fourth-order valence-electron chi connectivity index (χ4n) is 2.04. The fraction of sp³-hybridized carbons (Fsp3) is 0.600. The molecule has 1 atom stereocenters. The highest BCUT2D eigenvalue weighted by atomic mass is 79.9. The van der Waals surface area contributed by atoms with Gasteiger partial charge in [0.05, 0.1) is 0 Å². The van der Waals surface area contributed by atoms with Crippen molar-refractivity contribution in [2.45, 2.75) is 12.5 Å². The maximum Gasteiger partial charge on any atom is 0.159 e. The Morgan fingerprint density at radius 1 is 1.53 bits per heavy atom. The second-order valence-electron chi connectivity index (χ2n) is 4.36. The van der Waals surface area contributed by atoms with Gasteiger partial charge in [-0.1, -0.05) is 0 Å². The molecule has 3 N–H and O–H groups in total. The van der Waals surface area contributed by atoms with Crippen LogP contribution in [0.5, 0.6) is 0 Å². The number of likely N-dealkylation sites (N-methyl/N-ethyl adjacent to an activating group) is 1. The molecule has 1 aliphatic heterocycles. The van der Waals surface area contributed by atoms with Crippen LogP contribution in [0.2, 0.25) is 0 Å². The Hall–Kier alpha value is -0.920. The molecule has 0 spiro atoms. The Kier molecular flexibility index (Phi) is 3.80. The van der Waals surface area contributed by atoms with Gasteiger partial charge in [0.15, 0.2) is 5.82 Å². The predicted octanol–water partition coefficient (Wildman–Crippen LogP) is 0.665. The van der Waals surface area contributed by atoms with E-state index in [0.29, 0.717) is 11.9 Å². The quantitative estimate of drug-likeness (QED) is 0.631. The van der Waals surface area contributed by atoms with Gasteiger partial charge in [0.25, 0.3) is 0 Å². The maximum atomic E-state index is 5.40. The topological polar surface area (TPSA) is 70.3 Å². The molecule has 0 radical (unpaired) electrons. The summed E-state index contributed by atoms with van der Waals surface area (Å²) in [4.78, 5) is 12.9. The van der Waals surface area contributed by atoms with E-state index in [1.165, 1.54) is 6.33 Å². The molecule has 1 unspecified atom stereocenters. The average Bonchev–Trinajstić information content (AvgIpc) is 2.78. The Morgan fingerprint density at radius 3 is 2.88 bits per heavy atom. The van der Waals surface area contributed by atoms with Crippen molar-refractivity contribution >= 4 is 27.6 Å². The van der Waals surface area contributed by atoms with Crippen LogP contribution in [0.25, 0.3) is 0 Å². The molecule has 1 saturated heterocycles. The van der Waals surface area contributed by atoms with Crippen LogP contribution in [0, 0.1) is 0 Å². The van der Waals surface area contributed by atoms with E-state index in [1.807, 2.05) is 0 Å². The van der Waals surface area contributed by atoms with Crippen LogP contribution in [-0.2, 0) is 0 Å². The van der Waals surface area contributed by atoms with Crippen LogP contribution in [0.1, 0.15) is 6.42 Å². The second-order valence-corrected chi connectivity index (χ2v) is 5.15. The second kappa shape index (κ2) is 5.16. The minimum Gasteiger partial charge on any atom is -0.354 e. The lowest BCUT2D eigenvalue weighted by atomic mass is 10.2. The number of rotatable bonds is 3. The molecule has 1 aromatic heterocycles. The Bertz CT molecular complexity index is 396. The van der Waals surface area contributed by atoms with Crippen molar-refractivity contribution in [1.82, 2.24) is 14.9 Å². The highest BCUT2D eigenvalue weighted by molar-refractivity contribution is 9.10. The molecule has 17 heavy (non-hydrogen) atoms. The first-order valence-electron chi connectivity index (χ1n) is 5.52. The molecule has 0 aliphatic carbocycles. The first kappa shape index (κ1) is 12.5. The van der Waals surface area contributed by atoms with Gasteiger partial charge in [-0.05, 0) is 36.4 Å². The van der Waals surface area contributed by atoms with Crippen LogP contribution >= 0.6 is 15.9 Å². The van der Waals surface area contributed by atoms with E-state index in [0.717, 1.165) is 29.8 Å². The van der Waals surface area contributed by atoms with E-state index in [-0.39, 0.29) is 0 Å². The lowest BCUT2D eigenvalue weighted by Crippen LogP contribution is -2.32. The highest BCUT2D eigenvalue weighted by Gasteiger charge is 2.26. The van der Waals surface area contributed by atoms with Gasteiger partial charge in [0, 0.05) is 19.1 Å². The van der Waals surface area contributed by atoms with Crippen molar-refractivity contribution < 1.29 is 0 Å². The van der Waals surface area contributed by atoms with E-state index in [2.05, 4.69) is 55.2 Å². The van der Waals surface area contributed by atoms with Gasteiger partial charge in [0.1, 0.15) is 16.6 Å². The van der Waals surface area contributed by atoms with E-state index in [4.69, 9.17) is 5.84 Å². The molecular formula is C10H17BrN6. The average molecular weight is 301 g/mol. The fourth-order valence-corrected chi connectivity index (χ4v) is 2.61. The van der Waals surface area contributed by atoms with Crippen LogP contribution in [0.15, 0.2) is 10.8 Å². The smallest absolute Gasteiger partial charge is 0.159 e. The van der Waals surface area contributed by atoms with Gasteiger partial charge in [0.2, 0.25) is 0 Å². The standard InChI is InChI=1S/C10H17BrN6/c1-16(2)7-3-4-17(5-7)10-8(11)9(15-12)13-6-14-10/h6-7H,3-5,12H2,1-2H3,(H,13,14,15). The van der Waals surface area contributed by atoms with Crippen LogP contribution < -0.4 is 16.2 Å². The Labute approximate surface area is 109 Å². The SMILES string of the molecule is CN(C)C1CCN(c2ncnc(NN)c2Br)C1. The highest BCUT2D eigenvalue weighted by Crippen LogP contribution is 2.31. The Morgan fingerprint density at radius 2 is 2.29 bits per heavy atom. The van der Waals surface area contributed by atoms with Gasteiger partial charge in [-0.2, -0.15) is 0 Å². The zero-order valence-electron chi connectivity index (χ0n) is 10.0. The number of nitrogens with zero attached hydrogens (tertiary/aromatic N) is 4. The summed E-state index contributed by atoms with van der Waals surface area (Å²) in [6.07, 6.45) is 2.67. The van der Waals surface area contributed by atoms with Gasteiger partial charge in [-0.3, -0.25) is 0 Å². The minimum absolute atomic E-state index is 0.575. The Balaban J connectivity index is 2.19. The zero-order chi connectivity index (χ0) is 12.4. The predicted molar refractivity (Wildman–Crippen MR) is 71.8 cm³/mol. The van der Waals surface area contributed by atoms with Crippen molar-refractivity contribution in [3.8, 4) is 0 Å². The third-order valence-electron chi connectivity index (χ3n) is 3.10. The largest absolute Gasteiger partial charge is 0.354 e. The molecule has 0 aromatic carbocycles. The van der Waals surface area contributed by atoms with E-state index in [1.54, 1.807) is 0 Å². The number of aromatic nitrogens is 2. The molecule has 1 aromatic rings. The molecule has 0 bridgehead atoms. The molecule has 2 heterocycles. The van der Waals surface area contributed by atoms with Gasteiger partial charge >= 0.3 is 0 Å². The van der Waals surface area contributed by atoms with Crippen molar-refractivity contribution in [2.24, 2.45) is 5.84 Å². The summed E-state index contributed by atoms with van der Waals surface area (Å²) in [7, 11) is 4.21. The summed E-state index contributed by atoms with van der Waals surface area (Å²) < 4.78 is 0.821. The van der Waals surface area contributed by atoms with Gasteiger partial charge in [-0.25, -0.2) is 15.8 Å². The van der Waals surface area contributed by atoms with Crippen molar-refractivity contribution in [3.63, 3.8) is 0 Å². The number of hydrogen-bond donors (Lipinski definition) is 2. The summed E-state index contributed by atoms with van der Waals surface area (Å²) in [6.45, 7) is 1.98. The number of nitrogens with one attached hydrogen (secondary N) is 1. The van der Waals surface area contributed by atoms with E-state index in [9.17, 15) is 0 Å². The molecule has 6 nitrogen and oxygen atoms in total. The monoisotopic (exact) mass is 300 g/mol. The number of nitrogen functional groups attached to an aromatic ring is 1. The van der Waals surface area contributed by atoms with Gasteiger partial charge in [-0.15, -0.1) is 0 Å². The molecule has 0 saturated carbocycles. The number of nitrogens with two attached hydrogens (primary N) is 1. The third-order valence-corrected chi connectivity index (χ3v) is 3.83. The molecule has 1 fully saturated rings. The normalized spacial score (nSPS) is 20.1. The molecule has 1 aliphatic rings. The minimum atomic E-state index is 0.575. The van der Waals surface area contributed by atoms with Crippen molar-refractivity contribution in [1.29, 1.82) is 0 Å². The molecular weight excluding hydrogens is 284 g/mol. The van der Waals surface area contributed by atoms with Gasteiger partial charge < -0.3 is 15.2 Å². The number of hydrogen-bond acceptors (Lipinski definition) is 6. The van der Waals surface area contributed by atoms with Crippen LogP contribution in [0.3, 0.4) is 0 Å². The first-order valence-corrected chi connectivity index (χ1v) is 6.31. The summed E-state index contributed by atoms with van der Waals surface area (Å²) in [5.41, 5.74) is 2.56. The van der Waals surface area contributed by atoms with Crippen molar-refractivity contribution in [2.75, 3.05) is 37.5 Å². The van der Waals surface area contributed by atoms with Crippen molar-refractivity contribution in [3.05, 3.63) is 10.8 Å². The molecule has 0 amide bonds. The lowest BCUT2D eigenvalue weighted by Gasteiger charge is -2.22. The maximum absolute atomic E-state index is 5.40. The molecule has 7 heteroatoms. The molecule has 2 rings (SSSR count). The lowest BCUT2D eigenvalue weighted by molar-refractivity contribution is 0.315. The van der Waals surface area contributed by atoms with E-state index < -0.39 is 0 Å². The van der Waals surface area contributed by atoms with Crippen LogP contribution in [0.4, 0.5) is 11.6 Å². The summed E-state index contributed by atoms with van der Waals surface area (Å²) in [5, 5.41) is 0. The van der Waals surface area contributed by atoms with Crippen LogP contribution in [-0.4, -0.2) is 48.1 Å². The number of hydrazine groups is 1. The number of anilines is 2. The molecule has 94 valence electrons. The van der Waals surface area contributed by atoms with E-state index >= 15 is 0 Å².